The van der Waals surface area contributed by atoms with Gasteiger partial charge in [-0.15, -0.1) is 0 Å². The first-order valence-corrected chi connectivity index (χ1v) is 4.94. The van der Waals surface area contributed by atoms with Crippen molar-refractivity contribution in [3.8, 4) is 0 Å². The summed E-state index contributed by atoms with van der Waals surface area (Å²) in [7, 11) is 4.13. The Morgan fingerprint density at radius 2 is 1.69 bits per heavy atom. The minimum absolute atomic E-state index is 0.581. The van der Waals surface area contributed by atoms with Crippen LogP contribution in [0.2, 0.25) is 0 Å². The summed E-state index contributed by atoms with van der Waals surface area (Å²) >= 11 is 0. The molecule has 1 N–H and O–H groups in total. The Kier molecular flexibility index (Phi) is 5.53. The second-order valence-electron chi connectivity index (χ2n) is 4.48. The van der Waals surface area contributed by atoms with Crippen molar-refractivity contribution in [1.29, 1.82) is 0 Å². The third kappa shape index (κ3) is 8.22. The van der Waals surface area contributed by atoms with Crippen LogP contribution in [0.1, 0.15) is 20.8 Å². The van der Waals surface area contributed by atoms with Crippen molar-refractivity contribution in [3.63, 3.8) is 0 Å². The van der Waals surface area contributed by atoms with Gasteiger partial charge in [-0.1, -0.05) is 6.92 Å². The molecular weight excluding hydrogens is 164 g/mol. The van der Waals surface area contributed by atoms with Gasteiger partial charge in [-0.05, 0) is 34.5 Å². The molecule has 0 rings (SSSR count). The number of hydrogen-bond acceptors (Lipinski definition) is 3. The highest BCUT2D eigenvalue weighted by Crippen LogP contribution is 2.04. The van der Waals surface area contributed by atoms with E-state index in [1.165, 1.54) is 0 Å². The average Bonchev–Trinajstić information content (AvgIpc) is 1.95. The van der Waals surface area contributed by atoms with Gasteiger partial charge in [-0.2, -0.15) is 0 Å². The Morgan fingerprint density at radius 3 is 2.00 bits per heavy atom. The van der Waals surface area contributed by atoms with Crippen LogP contribution in [0.5, 0.6) is 0 Å². The zero-order chi connectivity index (χ0) is 10.5. The maximum absolute atomic E-state index is 9.63. The normalized spacial score (nSPS) is 12.9. The van der Waals surface area contributed by atoms with Crippen molar-refractivity contribution in [3.05, 3.63) is 0 Å². The predicted octanol–water partition coefficient (Wildman–Crippen LogP) is 0.641. The van der Waals surface area contributed by atoms with Crippen LogP contribution in [0.15, 0.2) is 0 Å². The van der Waals surface area contributed by atoms with Gasteiger partial charge < -0.3 is 10.0 Å². The van der Waals surface area contributed by atoms with Crippen molar-refractivity contribution in [1.82, 2.24) is 9.80 Å². The topological polar surface area (TPSA) is 26.7 Å². The number of likely N-dealkylation sites (N-methyl/N-ethyl adjacent to an activating group) is 2. The molecule has 0 aromatic heterocycles. The molecule has 0 atom stereocenters. The lowest BCUT2D eigenvalue weighted by atomic mass is 10.1. The Hall–Kier alpha value is -0.120. The molecule has 0 aliphatic rings. The molecule has 0 aromatic carbocycles. The van der Waals surface area contributed by atoms with Crippen LogP contribution in [0.25, 0.3) is 0 Å². The molecule has 0 unspecified atom stereocenters. The number of hydrogen-bond donors (Lipinski definition) is 1. The molecule has 0 amide bonds. The van der Waals surface area contributed by atoms with Gasteiger partial charge in [0.15, 0.2) is 0 Å². The smallest absolute Gasteiger partial charge is 0.0718 e. The van der Waals surface area contributed by atoms with E-state index in [4.69, 9.17) is 0 Å². The molecule has 3 nitrogen and oxygen atoms in total. The van der Waals surface area contributed by atoms with Crippen molar-refractivity contribution in [2.45, 2.75) is 26.4 Å². The van der Waals surface area contributed by atoms with Crippen LogP contribution in [0, 0.1) is 0 Å². The van der Waals surface area contributed by atoms with Crippen LogP contribution < -0.4 is 0 Å². The lowest BCUT2D eigenvalue weighted by Gasteiger charge is -2.28. The minimum Gasteiger partial charge on any atom is -0.389 e. The fourth-order valence-corrected chi connectivity index (χ4v) is 1.24. The van der Waals surface area contributed by atoms with Gasteiger partial charge in [0.2, 0.25) is 0 Å². The van der Waals surface area contributed by atoms with Crippen molar-refractivity contribution in [2.75, 3.05) is 40.3 Å². The molecular formula is C10H24N2O. The first-order chi connectivity index (χ1) is 5.85. The summed E-state index contributed by atoms with van der Waals surface area (Å²) in [5.41, 5.74) is -0.581. The van der Waals surface area contributed by atoms with Crippen molar-refractivity contribution >= 4 is 0 Å². The fourth-order valence-electron chi connectivity index (χ4n) is 1.24. The molecule has 0 bridgehead atoms. The van der Waals surface area contributed by atoms with Gasteiger partial charge in [0.25, 0.3) is 0 Å². The van der Waals surface area contributed by atoms with Gasteiger partial charge >= 0.3 is 0 Å². The monoisotopic (exact) mass is 188 g/mol. The molecule has 0 aromatic rings. The molecule has 0 aliphatic carbocycles. The van der Waals surface area contributed by atoms with Gasteiger partial charge in [-0.25, -0.2) is 0 Å². The SMILES string of the molecule is CCN(CCN(C)C)CC(C)(C)O. The third-order valence-corrected chi connectivity index (χ3v) is 1.92. The summed E-state index contributed by atoms with van der Waals surface area (Å²) in [6.45, 7) is 9.64. The van der Waals surface area contributed by atoms with E-state index in [9.17, 15) is 5.11 Å². The second-order valence-corrected chi connectivity index (χ2v) is 4.48. The summed E-state index contributed by atoms with van der Waals surface area (Å²) in [5.74, 6) is 0. The van der Waals surface area contributed by atoms with E-state index < -0.39 is 5.60 Å². The lowest BCUT2D eigenvalue weighted by molar-refractivity contribution is 0.0361. The standard InChI is InChI=1S/C10H24N2O/c1-6-12(8-7-11(4)5)9-10(2,3)13/h13H,6-9H2,1-5H3. The van der Waals surface area contributed by atoms with Gasteiger partial charge in [0, 0.05) is 19.6 Å². The Morgan fingerprint density at radius 1 is 1.15 bits per heavy atom. The summed E-state index contributed by atoms with van der Waals surface area (Å²) in [5, 5.41) is 9.63. The fraction of sp³-hybridized carbons (Fsp3) is 1.00. The highest BCUT2D eigenvalue weighted by atomic mass is 16.3. The molecule has 3 heteroatoms. The van der Waals surface area contributed by atoms with E-state index in [2.05, 4.69) is 30.8 Å². The molecule has 0 saturated heterocycles. The average molecular weight is 188 g/mol. The first-order valence-electron chi connectivity index (χ1n) is 4.94. The van der Waals surface area contributed by atoms with Crippen LogP contribution in [0.3, 0.4) is 0 Å². The zero-order valence-electron chi connectivity index (χ0n) is 9.67. The summed E-state index contributed by atoms with van der Waals surface area (Å²) in [6, 6.07) is 0. The molecule has 80 valence electrons. The maximum Gasteiger partial charge on any atom is 0.0718 e. The summed E-state index contributed by atoms with van der Waals surface area (Å²) in [4.78, 5) is 4.42. The molecule has 0 aliphatic heterocycles. The van der Waals surface area contributed by atoms with Gasteiger partial charge in [0.05, 0.1) is 5.60 Å². The number of nitrogens with zero attached hydrogens (tertiary/aromatic N) is 2. The van der Waals surface area contributed by atoms with Crippen LogP contribution in [0.4, 0.5) is 0 Å². The van der Waals surface area contributed by atoms with Crippen molar-refractivity contribution < 1.29 is 5.11 Å². The molecule has 0 fully saturated rings. The van der Waals surface area contributed by atoms with E-state index in [0.717, 1.165) is 26.2 Å². The predicted molar refractivity (Wildman–Crippen MR) is 57.0 cm³/mol. The Labute approximate surface area is 82.3 Å². The third-order valence-electron chi connectivity index (χ3n) is 1.92. The molecule has 0 spiro atoms. The Bertz CT molecular complexity index is 129. The minimum atomic E-state index is -0.581. The first kappa shape index (κ1) is 12.9. The van der Waals surface area contributed by atoms with Gasteiger partial charge in [0.1, 0.15) is 0 Å². The number of aliphatic hydroxyl groups is 1. The van der Waals surface area contributed by atoms with Gasteiger partial charge in [-0.3, -0.25) is 4.90 Å². The lowest BCUT2D eigenvalue weighted by Crippen LogP contribution is -2.41. The van der Waals surface area contributed by atoms with E-state index in [-0.39, 0.29) is 0 Å². The maximum atomic E-state index is 9.63. The molecule has 0 saturated carbocycles. The van der Waals surface area contributed by atoms with Crippen LogP contribution >= 0.6 is 0 Å². The van der Waals surface area contributed by atoms with E-state index >= 15 is 0 Å². The quantitative estimate of drug-likeness (QED) is 0.663. The van der Waals surface area contributed by atoms with Crippen LogP contribution in [-0.2, 0) is 0 Å². The highest BCUT2D eigenvalue weighted by molar-refractivity contribution is 4.71. The largest absolute Gasteiger partial charge is 0.389 e. The molecule has 0 heterocycles. The van der Waals surface area contributed by atoms with Crippen LogP contribution in [-0.4, -0.2) is 60.8 Å². The molecule has 0 radical (unpaired) electrons. The number of rotatable bonds is 6. The zero-order valence-corrected chi connectivity index (χ0v) is 9.67. The molecule has 13 heavy (non-hydrogen) atoms. The van der Waals surface area contributed by atoms with E-state index in [0.29, 0.717) is 0 Å². The Balaban J connectivity index is 3.76. The highest BCUT2D eigenvalue weighted by Gasteiger charge is 2.16. The summed E-state index contributed by atoms with van der Waals surface area (Å²) in [6.07, 6.45) is 0. The second kappa shape index (κ2) is 5.58. The van der Waals surface area contributed by atoms with E-state index in [1.807, 2.05) is 13.8 Å². The van der Waals surface area contributed by atoms with Crippen molar-refractivity contribution in [2.24, 2.45) is 0 Å². The van der Waals surface area contributed by atoms with E-state index in [1.54, 1.807) is 0 Å². The summed E-state index contributed by atoms with van der Waals surface area (Å²) < 4.78 is 0.